The van der Waals surface area contributed by atoms with Crippen molar-refractivity contribution in [3.63, 3.8) is 0 Å². The molecule has 26 heavy (non-hydrogen) atoms. The van der Waals surface area contributed by atoms with Crippen LogP contribution in [0.25, 0.3) is 0 Å². The minimum Gasteiger partial charge on any atom is -0.352 e. The van der Waals surface area contributed by atoms with Crippen molar-refractivity contribution >= 4 is 17.3 Å². The molecule has 6 heteroatoms. The van der Waals surface area contributed by atoms with Crippen LogP contribution >= 0.6 is 0 Å². The normalized spacial score (nSPS) is 13.8. The van der Waals surface area contributed by atoms with Crippen LogP contribution in [0.5, 0.6) is 0 Å². The van der Waals surface area contributed by atoms with Crippen LogP contribution < -0.4 is 10.6 Å². The Hall–Kier alpha value is -2.76. The van der Waals surface area contributed by atoms with Gasteiger partial charge in [-0.2, -0.15) is 0 Å². The molecule has 0 bridgehead atoms. The highest BCUT2D eigenvalue weighted by molar-refractivity contribution is 5.92. The number of carbonyl (C=O) groups is 1. The fraction of sp³-hybridized carbons (Fsp3) is 0.300. The van der Waals surface area contributed by atoms with Gasteiger partial charge in [-0.3, -0.25) is 4.79 Å². The second kappa shape index (κ2) is 8.56. The Bertz CT molecular complexity index is 803. The molecule has 2 aromatic rings. The first-order valence-electron chi connectivity index (χ1n) is 8.76. The maximum absolute atomic E-state index is 13.6. The average Bonchev–Trinajstić information content (AvgIpc) is 2.65. The van der Waals surface area contributed by atoms with E-state index in [0.717, 1.165) is 25.3 Å². The van der Waals surface area contributed by atoms with Gasteiger partial charge in [0.15, 0.2) is 0 Å². The van der Waals surface area contributed by atoms with Gasteiger partial charge in [-0.1, -0.05) is 11.6 Å². The molecular formula is C20H21F2N3O. The van der Waals surface area contributed by atoms with Crippen molar-refractivity contribution in [3.8, 4) is 0 Å². The molecule has 0 atom stereocenters. The quantitative estimate of drug-likeness (QED) is 0.735. The summed E-state index contributed by atoms with van der Waals surface area (Å²) >= 11 is 0. The van der Waals surface area contributed by atoms with E-state index in [4.69, 9.17) is 0 Å². The lowest BCUT2D eigenvalue weighted by atomic mass is 9.97. The maximum atomic E-state index is 13.6. The maximum Gasteiger partial charge on any atom is 0.269 e. The van der Waals surface area contributed by atoms with E-state index in [-0.39, 0.29) is 11.6 Å². The summed E-state index contributed by atoms with van der Waals surface area (Å²) in [4.78, 5) is 16.2. The van der Waals surface area contributed by atoms with Crippen LogP contribution in [-0.2, 0) is 0 Å². The molecule has 0 aliphatic heterocycles. The van der Waals surface area contributed by atoms with Crippen LogP contribution in [0.3, 0.4) is 0 Å². The number of rotatable bonds is 6. The first-order chi connectivity index (χ1) is 12.6. The van der Waals surface area contributed by atoms with Gasteiger partial charge >= 0.3 is 0 Å². The van der Waals surface area contributed by atoms with E-state index in [1.54, 1.807) is 12.1 Å². The van der Waals surface area contributed by atoms with Gasteiger partial charge in [-0.25, -0.2) is 13.8 Å². The third-order valence-electron chi connectivity index (χ3n) is 4.32. The molecule has 0 fully saturated rings. The highest BCUT2D eigenvalue weighted by Crippen LogP contribution is 2.21. The monoisotopic (exact) mass is 357 g/mol. The molecule has 1 aromatic carbocycles. The molecule has 1 amide bonds. The first kappa shape index (κ1) is 18.0. The lowest BCUT2D eigenvalue weighted by Gasteiger charge is -2.13. The minimum atomic E-state index is -0.691. The third kappa shape index (κ3) is 4.88. The van der Waals surface area contributed by atoms with Crippen molar-refractivity contribution in [2.75, 3.05) is 11.9 Å². The number of nitrogens with zero attached hydrogens (tertiary/aromatic N) is 1. The number of allylic oxidation sites excluding steroid dienone is 1. The van der Waals surface area contributed by atoms with E-state index >= 15 is 0 Å². The van der Waals surface area contributed by atoms with Gasteiger partial charge in [-0.05, 0) is 56.4 Å². The number of pyridine rings is 1. The number of hydrogen-bond acceptors (Lipinski definition) is 3. The molecule has 3 rings (SSSR count). The van der Waals surface area contributed by atoms with E-state index in [1.807, 2.05) is 0 Å². The highest BCUT2D eigenvalue weighted by atomic mass is 19.1. The molecule has 1 heterocycles. The second-order valence-corrected chi connectivity index (χ2v) is 6.30. The van der Waals surface area contributed by atoms with E-state index in [0.29, 0.717) is 17.9 Å². The molecule has 0 radical (unpaired) electrons. The van der Waals surface area contributed by atoms with Gasteiger partial charge in [0.1, 0.15) is 17.3 Å². The molecule has 2 N–H and O–H groups in total. The topological polar surface area (TPSA) is 54.0 Å². The summed E-state index contributed by atoms with van der Waals surface area (Å²) in [5.74, 6) is -1.56. The van der Waals surface area contributed by atoms with Crippen LogP contribution in [0.15, 0.2) is 48.2 Å². The fourth-order valence-corrected chi connectivity index (χ4v) is 2.91. The smallest absolute Gasteiger partial charge is 0.269 e. The highest BCUT2D eigenvalue weighted by Gasteiger charge is 2.09. The molecule has 1 aliphatic rings. The molecule has 1 aliphatic carbocycles. The van der Waals surface area contributed by atoms with E-state index in [1.165, 1.54) is 36.7 Å². The van der Waals surface area contributed by atoms with Gasteiger partial charge in [0.05, 0.1) is 17.6 Å². The van der Waals surface area contributed by atoms with Gasteiger partial charge in [0.2, 0.25) is 0 Å². The van der Waals surface area contributed by atoms with Crippen molar-refractivity contribution in [2.45, 2.75) is 32.1 Å². The van der Waals surface area contributed by atoms with Gasteiger partial charge in [0, 0.05) is 12.6 Å². The Balaban J connectivity index is 1.53. The first-order valence-corrected chi connectivity index (χ1v) is 8.76. The summed E-state index contributed by atoms with van der Waals surface area (Å²) in [5.41, 5.74) is 2.36. The SMILES string of the molecule is O=C(NCCC1=CCCCC1)c1ccc(Nc2ccc(F)cc2F)cn1. The number of benzene rings is 1. The van der Waals surface area contributed by atoms with Gasteiger partial charge in [-0.15, -0.1) is 0 Å². The summed E-state index contributed by atoms with van der Waals surface area (Å²) in [6, 6.07) is 6.49. The predicted molar refractivity (Wildman–Crippen MR) is 97.4 cm³/mol. The molecule has 0 saturated heterocycles. The molecular weight excluding hydrogens is 336 g/mol. The molecule has 0 spiro atoms. The minimum absolute atomic E-state index is 0.145. The van der Waals surface area contributed by atoms with Crippen molar-refractivity contribution < 1.29 is 13.6 Å². The van der Waals surface area contributed by atoms with Crippen LogP contribution in [0.4, 0.5) is 20.2 Å². The van der Waals surface area contributed by atoms with Crippen molar-refractivity contribution in [2.24, 2.45) is 0 Å². The molecule has 136 valence electrons. The lowest BCUT2D eigenvalue weighted by Crippen LogP contribution is -2.25. The zero-order valence-electron chi connectivity index (χ0n) is 14.4. The zero-order valence-corrected chi connectivity index (χ0v) is 14.4. The second-order valence-electron chi connectivity index (χ2n) is 6.30. The molecule has 1 aromatic heterocycles. The largest absolute Gasteiger partial charge is 0.352 e. The Morgan fingerprint density at radius 3 is 2.73 bits per heavy atom. The third-order valence-corrected chi connectivity index (χ3v) is 4.32. The Kier molecular flexibility index (Phi) is 5.94. The predicted octanol–water partition coefficient (Wildman–Crippen LogP) is 4.72. The number of nitrogens with one attached hydrogen (secondary N) is 2. The van der Waals surface area contributed by atoms with Crippen molar-refractivity contribution in [3.05, 3.63) is 65.5 Å². The van der Waals surface area contributed by atoms with Crippen molar-refractivity contribution in [1.82, 2.24) is 10.3 Å². The Labute approximate surface area is 151 Å². The lowest BCUT2D eigenvalue weighted by molar-refractivity contribution is 0.0949. The summed E-state index contributed by atoms with van der Waals surface area (Å²) in [7, 11) is 0. The molecule has 4 nitrogen and oxygen atoms in total. The van der Waals surface area contributed by atoms with Crippen LogP contribution in [0.1, 0.15) is 42.6 Å². The van der Waals surface area contributed by atoms with E-state index < -0.39 is 11.6 Å². The number of anilines is 2. The number of aromatic nitrogens is 1. The summed E-state index contributed by atoms with van der Waals surface area (Å²) in [5, 5.41) is 5.67. The number of carbonyl (C=O) groups excluding carboxylic acids is 1. The number of amides is 1. The molecule has 0 saturated carbocycles. The van der Waals surface area contributed by atoms with E-state index in [2.05, 4.69) is 21.7 Å². The average molecular weight is 357 g/mol. The number of halogens is 2. The summed E-state index contributed by atoms with van der Waals surface area (Å²) in [6.07, 6.45) is 9.31. The summed E-state index contributed by atoms with van der Waals surface area (Å²) < 4.78 is 26.6. The van der Waals surface area contributed by atoms with Gasteiger partial charge in [0.25, 0.3) is 5.91 Å². The number of hydrogen-bond donors (Lipinski definition) is 2. The van der Waals surface area contributed by atoms with Crippen molar-refractivity contribution in [1.29, 1.82) is 0 Å². The summed E-state index contributed by atoms with van der Waals surface area (Å²) in [6.45, 7) is 0.590. The van der Waals surface area contributed by atoms with Crippen LogP contribution in [-0.4, -0.2) is 17.4 Å². The van der Waals surface area contributed by atoms with Crippen LogP contribution in [0, 0.1) is 11.6 Å². The zero-order chi connectivity index (χ0) is 18.4. The standard InChI is InChI=1S/C20H21F2N3O/c21-15-6-8-18(17(22)12-15)25-16-7-9-19(24-13-16)20(26)23-11-10-14-4-2-1-3-5-14/h4,6-9,12-13,25H,1-3,5,10-11H2,(H,23,26). The Morgan fingerprint density at radius 2 is 2.04 bits per heavy atom. The van der Waals surface area contributed by atoms with Crippen LogP contribution in [0.2, 0.25) is 0 Å². The van der Waals surface area contributed by atoms with E-state index in [9.17, 15) is 13.6 Å². The Morgan fingerprint density at radius 1 is 1.15 bits per heavy atom. The van der Waals surface area contributed by atoms with Gasteiger partial charge < -0.3 is 10.6 Å². The molecule has 0 unspecified atom stereocenters. The fourth-order valence-electron chi connectivity index (χ4n) is 2.91.